The van der Waals surface area contributed by atoms with E-state index in [1.807, 2.05) is 11.9 Å². The number of nitrogens with two attached hydrogens (primary N) is 1. The number of nitrogens with zero attached hydrogens (tertiary/aromatic N) is 3. The van der Waals surface area contributed by atoms with Crippen molar-refractivity contribution in [3.8, 4) is 0 Å². The van der Waals surface area contributed by atoms with Gasteiger partial charge in [0.05, 0.1) is 12.6 Å². The maximum atomic E-state index is 12.4. The summed E-state index contributed by atoms with van der Waals surface area (Å²) < 4.78 is 0. The van der Waals surface area contributed by atoms with Crippen molar-refractivity contribution < 1.29 is 9.59 Å². The molecule has 0 spiro atoms. The summed E-state index contributed by atoms with van der Waals surface area (Å²) in [4.78, 5) is 30.2. The van der Waals surface area contributed by atoms with Gasteiger partial charge >= 0.3 is 0 Å². The topological polar surface area (TPSA) is 69.9 Å². The molecule has 0 aromatic rings. The zero-order valence-electron chi connectivity index (χ0n) is 14.8. The number of halogens is 2. The molecule has 0 unspecified atom stereocenters. The summed E-state index contributed by atoms with van der Waals surface area (Å²) in [5.74, 6) is 0.212. The Morgan fingerprint density at radius 1 is 1.08 bits per heavy atom. The summed E-state index contributed by atoms with van der Waals surface area (Å²) in [6.07, 6.45) is 6.05. The van der Waals surface area contributed by atoms with Crippen LogP contribution in [0.3, 0.4) is 0 Å². The second-order valence-electron chi connectivity index (χ2n) is 6.69. The SMILES string of the molecule is C[C@@H](N)C(=O)N1CCN(CC(=O)N(C)C2CCCCC2)CC1.Cl.Cl. The van der Waals surface area contributed by atoms with Crippen molar-refractivity contribution in [2.45, 2.75) is 51.1 Å². The molecule has 142 valence electrons. The summed E-state index contributed by atoms with van der Waals surface area (Å²) in [7, 11) is 1.94. The summed E-state index contributed by atoms with van der Waals surface area (Å²) in [5.41, 5.74) is 5.64. The number of rotatable bonds is 4. The fourth-order valence-corrected chi connectivity index (χ4v) is 3.39. The third kappa shape index (κ3) is 6.39. The molecule has 1 aliphatic carbocycles. The fraction of sp³-hybridized carbons (Fsp3) is 0.875. The summed E-state index contributed by atoms with van der Waals surface area (Å²) >= 11 is 0. The first-order valence-corrected chi connectivity index (χ1v) is 8.51. The maximum Gasteiger partial charge on any atom is 0.239 e. The molecule has 2 amide bonds. The standard InChI is InChI=1S/C16H30N4O2.2ClH/c1-13(17)16(22)20-10-8-19(9-11-20)12-15(21)18(2)14-6-4-3-5-7-14;;/h13-14H,3-12,17H2,1-2H3;2*1H/t13-;;/m1../s1. The molecule has 0 aromatic heterocycles. The number of amides is 2. The van der Waals surface area contributed by atoms with Crippen LogP contribution in [-0.2, 0) is 9.59 Å². The third-order valence-corrected chi connectivity index (χ3v) is 4.95. The lowest BCUT2D eigenvalue weighted by molar-refractivity contribution is -0.136. The molecule has 24 heavy (non-hydrogen) atoms. The molecule has 2 N–H and O–H groups in total. The van der Waals surface area contributed by atoms with Crippen molar-refractivity contribution >= 4 is 36.6 Å². The van der Waals surface area contributed by atoms with Crippen LogP contribution < -0.4 is 5.73 Å². The van der Waals surface area contributed by atoms with E-state index in [1.54, 1.807) is 11.8 Å². The Hall–Kier alpha value is -0.560. The van der Waals surface area contributed by atoms with Crippen molar-refractivity contribution in [1.82, 2.24) is 14.7 Å². The first kappa shape index (κ1) is 23.4. The van der Waals surface area contributed by atoms with Crippen LogP contribution in [0.25, 0.3) is 0 Å². The first-order chi connectivity index (χ1) is 10.5. The number of carbonyl (C=O) groups is 2. The van der Waals surface area contributed by atoms with E-state index in [0.29, 0.717) is 25.7 Å². The lowest BCUT2D eigenvalue weighted by atomic mass is 9.94. The molecule has 2 fully saturated rings. The maximum absolute atomic E-state index is 12.4. The first-order valence-electron chi connectivity index (χ1n) is 8.51. The van der Waals surface area contributed by atoms with Crippen LogP contribution in [0.15, 0.2) is 0 Å². The minimum atomic E-state index is -0.439. The van der Waals surface area contributed by atoms with Gasteiger partial charge in [0.2, 0.25) is 11.8 Å². The number of carbonyl (C=O) groups excluding carboxylic acids is 2. The summed E-state index contributed by atoms with van der Waals surface area (Å²) in [6.45, 7) is 5.03. The van der Waals surface area contributed by atoms with Crippen LogP contribution in [0, 0.1) is 0 Å². The molecule has 1 heterocycles. The van der Waals surface area contributed by atoms with Crippen molar-refractivity contribution in [1.29, 1.82) is 0 Å². The van der Waals surface area contributed by atoms with Gasteiger partial charge in [-0.3, -0.25) is 14.5 Å². The molecule has 1 saturated carbocycles. The second-order valence-corrected chi connectivity index (χ2v) is 6.69. The predicted molar refractivity (Wildman–Crippen MR) is 101 cm³/mol. The zero-order chi connectivity index (χ0) is 16.1. The van der Waals surface area contributed by atoms with Gasteiger partial charge in [-0.25, -0.2) is 0 Å². The molecular formula is C16H32Cl2N4O2. The molecular weight excluding hydrogens is 351 g/mol. The quantitative estimate of drug-likeness (QED) is 0.790. The van der Waals surface area contributed by atoms with E-state index >= 15 is 0 Å². The number of piperazine rings is 1. The van der Waals surface area contributed by atoms with E-state index < -0.39 is 6.04 Å². The Morgan fingerprint density at radius 3 is 2.12 bits per heavy atom. The van der Waals surface area contributed by atoms with Crippen molar-refractivity contribution in [2.75, 3.05) is 39.8 Å². The lowest BCUT2D eigenvalue weighted by Gasteiger charge is -2.37. The fourth-order valence-electron chi connectivity index (χ4n) is 3.39. The Labute approximate surface area is 157 Å². The largest absolute Gasteiger partial charge is 0.342 e. The van der Waals surface area contributed by atoms with Gasteiger partial charge in [0, 0.05) is 39.3 Å². The third-order valence-electron chi connectivity index (χ3n) is 4.95. The van der Waals surface area contributed by atoms with E-state index in [2.05, 4.69) is 4.90 Å². The van der Waals surface area contributed by atoms with Crippen molar-refractivity contribution in [3.63, 3.8) is 0 Å². The molecule has 0 bridgehead atoms. The van der Waals surface area contributed by atoms with Crippen LogP contribution in [0.2, 0.25) is 0 Å². The summed E-state index contributed by atoms with van der Waals surface area (Å²) in [6, 6.07) is -0.0205. The zero-order valence-corrected chi connectivity index (χ0v) is 16.4. The van der Waals surface area contributed by atoms with Crippen LogP contribution >= 0.6 is 24.8 Å². The van der Waals surface area contributed by atoms with Crippen LogP contribution in [0.1, 0.15) is 39.0 Å². The van der Waals surface area contributed by atoms with Gasteiger partial charge in [-0.05, 0) is 19.8 Å². The number of hydrogen-bond donors (Lipinski definition) is 1. The Balaban J connectivity index is 0.00000264. The number of likely N-dealkylation sites (N-methyl/N-ethyl adjacent to an activating group) is 1. The average molecular weight is 383 g/mol. The molecule has 0 aromatic carbocycles. The highest BCUT2D eigenvalue weighted by Gasteiger charge is 2.27. The minimum absolute atomic E-state index is 0. The molecule has 1 saturated heterocycles. The van der Waals surface area contributed by atoms with E-state index in [4.69, 9.17) is 5.73 Å². The van der Waals surface area contributed by atoms with Crippen LogP contribution in [0.5, 0.6) is 0 Å². The molecule has 1 atom stereocenters. The van der Waals surface area contributed by atoms with Crippen LogP contribution in [0.4, 0.5) is 0 Å². The Kier molecular flexibility index (Phi) is 10.9. The van der Waals surface area contributed by atoms with Gasteiger partial charge in [0.15, 0.2) is 0 Å². The van der Waals surface area contributed by atoms with E-state index in [0.717, 1.165) is 25.9 Å². The molecule has 8 heteroatoms. The molecule has 0 radical (unpaired) electrons. The van der Waals surface area contributed by atoms with Gasteiger partial charge < -0.3 is 15.5 Å². The molecule has 1 aliphatic heterocycles. The monoisotopic (exact) mass is 382 g/mol. The van der Waals surface area contributed by atoms with Gasteiger partial charge in [-0.1, -0.05) is 19.3 Å². The Bertz CT molecular complexity index is 396. The smallest absolute Gasteiger partial charge is 0.239 e. The van der Waals surface area contributed by atoms with Gasteiger partial charge in [0.25, 0.3) is 0 Å². The molecule has 2 rings (SSSR count). The summed E-state index contributed by atoms with van der Waals surface area (Å²) in [5, 5.41) is 0. The van der Waals surface area contributed by atoms with E-state index in [1.165, 1.54) is 19.3 Å². The minimum Gasteiger partial charge on any atom is -0.342 e. The molecule has 6 nitrogen and oxygen atoms in total. The highest BCUT2D eigenvalue weighted by Crippen LogP contribution is 2.21. The van der Waals surface area contributed by atoms with Gasteiger partial charge in [-0.2, -0.15) is 0 Å². The van der Waals surface area contributed by atoms with E-state index in [-0.39, 0.29) is 36.6 Å². The van der Waals surface area contributed by atoms with Crippen LogP contribution in [-0.4, -0.2) is 78.4 Å². The predicted octanol–water partition coefficient (Wildman–Crippen LogP) is 1.11. The van der Waals surface area contributed by atoms with Gasteiger partial charge in [0.1, 0.15) is 0 Å². The number of hydrogen-bond acceptors (Lipinski definition) is 4. The highest BCUT2D eigenvalue weighted by atomic mass is 35.5. The normalized spacial score (nSPS) is 20.5. The second kappa shape index (κ2) is 11.1. The van der Waals surface area contributed by atoms with E-state index in [9.17, 15) is 9.59 Å². The van der Waals surface area contributed by atoms with Crippen molar-refractivity contribution in [3.05, 3.63) is 0 Å². The van der Waals surface area contributed by atoms with Crippen molar-refractivity contribution in [2.24, 2.45) is 5.73 Å². The lowest BCUT2D eigenvalue weighted by Crippen LogP contribution is -2.54. The van der Waals surface area contributed by atoms with Gasteiger partial charge in [-0.15, -0.1) is 24.8 Å². The average Bonchev–Trinajstić information content (AvgIpc) is 2.54. The highest BCUT2D eigenvalue weighted by molar-refractivity contribution is 5.85. The molecule has 2 aliphatic rings. The Morgan fingerprint density at radius 2 is 1.62 bits per heavy atom.